The standard InChI is InChI=1S/C13H14N2O4/c1-8-3-4-9(5-12(8)16)14-13(17)11-6-10(7-18-2)19-15-11/h3-6,16H,7H2,1-2H3,(H,14,17). The van der Waals surface area contributed by atoms with E-state index in [9.17, 15) is 9.90 Å². The summed E-state index contributed by atoms with van der Waals surface area (Å²) in [6.07, 6.45) is 0. The first-order chi connectivity index (χ1) is 9.10. The molecule has 1 heterocycles. The van der Waals surface area contributed by atoms with E-state index in [0.717, 1.165) is 5.56 Å². The lowest BCUT2D eigenvalue weighted by molar-refractivity contribution is 0.101. The first-order valence-corrected chi connectivity index (χ1v) is 5.65. The Balaban J connectivity index is 2.09. The van der Waals surface area contributed by atoms with E-state index in [1.54, 1.807) is 19.1 Å². The van der Waals surface area contributed by atoms with Gasteiger partial charge in [-0.3, -0.25) is 4.79 Å². The molecule has 0 fully saturated rings. The number of hydrogen-bond donors (Lipinski definition) is 2. The van der Waals surface area contributed by atoms with Crippen LogP contribution in [0.2, 0.25) is 0 Å². The average molecular weight is 262 g/mol. The van der Waals surface area contributed by atoms with Crippen molar-refractivity contribution in [3.05, 3.63) is 41.3 Å². The largest absolute Gasteiger partial charge is 0.508 e. The summed E-state index contributed by atoms with van der Waals surface area (Å²) in [7, 11) is 1.53. The number of methoxy groups -OCH3 is 1. The Morgan fingerprint density at radius 2 is 2.26 bits per heavy atom. The van der Waals surface area contributed by atoms with Crippen molar-refractivity contribution in [2.24, 2.45) is 0 Å². The molecule has 1 amide bonds. The topological polar surface area (TPSA) is 84.6 Å². The lowest BCUT2D eigenvalue weighted by Crippen LogP contribution is -2.12. The van der Waals surface area contributed by atoms with Crippen molar-refractivity contribution in [1.29, 1.82) is 0 Å². The molecule has 2 N–H and O–H groups in total. The number of carbonyl (C=O) groups is 1. The van der Waals surface area contributed by atoms with Crippen LogP contribution in [-0.2, 0) is 11.3 Å². The lowest BCUT2D eigenvalue weighted by atomic mass is 10.2. The monoisotopic (exact) mass is 262 g/mol. The molecule has 0 aliphatic rings. The van der Waals surface area contributed by atoms with Gasteiger partial charge in [0.1, 0.15) is 12.4 Å². The number of nitrogens with zero attached hydrogens (tertiary/aromatic N) is 1. The van der Waals surface area contributed by atoms with E-state index >= 15 is 0 Å². The van der Waals surface area contributed by atoms with Crippen LogP contribution in [-0.4, -0.2) is 23.3 Å². The lowest BCUT2D eigenvalue weighted by Gasteiger charge is -2.04. The van der Waals surface area contributed by atoms with Gasteiger partial charge in [0, 0.05) is 24.9 Å². The van der Waals surface area contributed by atoms with E-state index in [-0.39, 0.29) is 18.1 Å². The second-order valence-corrected chi connectivity index (χ2v) is 4.07. The van der Waals surface area contributed by atoms with Crippen LogP contribution < -0.4 is 5.32 Å². The van der Waals surface area contributed by atoms with Crippen LogP contribution in [0, 0.1) is 6.92 Å². The average Bonchev–Trinajstić information content (AvgIpc) is 2.83. The number of phenols is 1. The number of phenolic OH excluding ortho intramolecular Hbond substituents is 1. The van der Waals surface area contributed by atoms with Crippen LogP contribution in [0.25, 0.3) is 0 Å². The maximum Gasteiger partial charge on any atom is 0.277 e. The van der Waals surface area contributed by atoms with Gasteiger partial charge < -0.3 is 19.7 Å². The van der Waals surface area contributed by atoms with E-state index in [0.29, 0.717) is 11.4 Å². The van der Waals surface area contributed by atoms with E-state index in [1.807, 2.05) is 0 Å². The highest BCUT2D eigenvalue weighted by Crippen LogP contribution is 2.21. The zero-order chi connectivity index (χ0) is 13.8. The van der Waals surface area contributed by atoms with Gasteiger partial charge in [-0.1, -0.05) is 11.2 Å². The highest BCUT2D eigenvalue weighted by atomic mass is 16.5. The van der Waals surface area contributed by atoms with E-state index in [1.165, 1.54) is 19.2 Å². The third-order valence-electron chi connectivity index (χ3n) is 2.55. The molecule has 1 aromatic carbocycles. The summed E-state index contributed by atoms with van der Waals surface area (Å²) in [5.41, 5.74) is 1.39. The number of rotatable bonds is 4. The second-order valence-electron chi connectivity index (χ2n) is 4.07. The first-order valence-electron chi connectivity index (χ1n) is 5.65. The summed E-state index contributed by atoms with van der Waals surface area (Å²) >= 11 is 0. The molecule has 0 unspecified atom stereocenters. The number of amides is 1. The number of benzene rings is 1. The normalized spacial score (nSPS) is 10.4. The molecule has 0 spiro atoms. The van der Waals surface area contributed by atoms with Crippen LogP contribution in [0.4, 0.5) is 5.69 Å². The van der Waals surface area contributed by atoms with Crippen LogP contribution in [0.1, 0.15) is 21.8 Å². The molecule has 0 aliphatic carbocycles. The highest BCUT2D eigenvalue weighted by molar-refractivity contribution is 6.02. The Bertz CT molecular complexity index is 592. The van der Waals surface area contributed by atoms with Gasteiger partial charge in [-0.25, -0.2) is 0 Å². The Hall–Kier alpha value is -2.34. The molecule has 6 nitrogen and oxygen atoms in total. The van der Waals surface area contributed by atoms with Gasteiger partial charge in [-0.2, -0.15) is 0 Å². The van der Waals surface area contributed by atoms with Gasteiger partial charge in [0.05, 0.1) is 0 Å². The minimum absolute atomic E-state index is 0.123. The maximum atomic E-state index is 11.9. The molecule has 0 saturated heterocycles. The van der Waals surface area contributed by atoms with Crippen molar-refractivity contribution in [2.45, 2.75) is 13.5 Å². The zero-order valence-corrected chi connectivity index (χ0v) is 10.6. The van der Waals surface area contributed by atoms with Gasteiger partial charge in [0.15, 0.2) is 11.5 Å². The molecule has 6 heteroatoms. The minimum atomic E-state index is -0.408. The molecule has 0 bridgehead atoms. The molecule has 100 valence electrons. The fourth-order valence-electron chi connectivity index (χ4n) is 1.51. The third kappa shape index (κ3) is 3.11. The van der Waals surface area contributed by atoms with Crippen molar-refractivity contribution >= 4 is 11.6 Å². The summed E-state index contributed by atoms with van der Waals surface area (Å²) in [5.74, 6) is 0.187. The van der Waals surface area contributed by atoms with E-state index in [4.69, 9.17) is 9.26 Å². The predicted octanol–water partition coefficient (Wildman–Crippen LogP) is 2.09. The van der Waals surface area contributed by atoms with Crippen LogP contribution in [0.15, 0.2) is 28.8 Å². The molecule has 1 aromatic heterocycles. The number of aromatic nitrogens is 1. The first kappa shape index (κ1) is 13.1. The Morgan fingerprint density at radius 3 is 2.95 bits per heavy atom. The van der Waals surface area contributed by atoms with Crippen molar-refractivity contribution < 1.29 is 19.2 Å². The minimum Gasteiger partial charge on any atom is -0.508 e. The molecule has 0 atom stereocenters. The van der Waals surface area contributed by atoms with Crippen LogP contribution in [0.5, 0.6) is 5.75 Å². The maximum absolute atomic E-state index is 11.9. The summed E-state index contributed by atoms with van der Waals surface area (Å²) < 4.78 is 9.79. The molecule has 0 saturated carbocycles. The molecule has 0 aliphatic heterocycles. The summed E-state index contributed by atoms with van der Waals surface area (Å²) in [5, 5.41) is 15.8. The van der Waals surface area contributed by atoms with Gasteiger partial charge in [0.25, 0.3) is 5.91 Å². The van der Waals surface area contributed by atoms with Crippen molar-refractivity contribution in [2.75, 3.05) is 12.4 Å². The Labute approximate surface area is 110 Å². The number of ether oxygens (including phenoxy) is 1. The van der Waals surface area contributed by atoms with E-state index < -0.39 is 5.91 Å². The predicted molar refractivity (Wildman–Crippen MR) is 68.0 cm³/mol. The Morgan fingerprint density at radius 1 is 1.47 bits per heavy atom. The number of anilines is 1. The van der Waals surface area contributed by atoms with Gasteiger partial charge >= 0.3 is 0 Å². The van der Waals surface area contributed by atoms with Crippen LogP contribution >= 0.6 is 0 Å². The quantitative estimate of drug-likeness (QED) is 0.881. The number of hydrogen-bond acceptors (Lipinski definition) is 5. The molecule has 2 rings (SSSR count). The van der Waals surface area contributed by atoms with Gasteiger partial charge in [-0.15, -0.1) is 0 Å². The fourth-order valence-corrected chi connectivity index (χ4v) is 1.51. The van der Waals surface area contributed by atoms with Crippen molar-refractivity contribution in [3.63, 3.8) is 0 Å². The third-order valence-corrected chi connectivity index (χ3v) is 2.55. The van der Waals surface area contributed by atoms with Crippen molar-refractivity contribution in [3.8, 4) is 5.75 Å². The molecule has 19 heavy (non-hydrogen) atoms. The highest BCUT2D eigenvalue weighted by Gasteiger charge is 2.13. The summed E-state index contributed by atoms with van der Waals surface area (Å²) in [6, 6.07) is 6.39. The number of aromatic hydroxyl groups is 1. The zero-order valence-electron chi connectivity index (χ0n) is 10.6. The SMILES string of the molecule is COCc1cc(C(=O)Nc2ccc(C)c(O)c2)no1. The molecule has 0 radical (unpaired) electrons. The molecule has 2 aromatic rings. The number of aryl methyl sites for hydroxylation is 1. The Kier molecular flexibility index (Phi) is 3.82. The van der Waals surface area contributed by atoms with Crippen LogP contribution in [0.3, 0.4) is 0 Å². The number of carbonyl (C=O) groups excluding carboxylic acids is 1. The fraction of sp³-hybridized carbons (Fsp3) is 0.231. The second kappa shape index (κ2) is 5.53. The van der Waals surface area contributed by atoms with E-state index in [2.05, 4.69) is 10.5 Å². The molecular formula is C13H14N2O4. The van der Waals surface area contributed by atoms with Gasteiger partial charge in [-0.05, 0) is 18.6 Å². The summed E-state index contributed by atoms with van der Waals surface area (Å²) in [6.45, 7) is 2.03. The van der Waals surface area contributed by atoms with Crippen molar-refractivity contribution in [1.82, 2.24) is 5.16 Å². The summed E-state index contributed by atoms with van der Waals surface area (Å²) in [4.78, 5) is 11.9. The molecular weight excluding hydrogens is 248 g/mol. The number of nitrogens with one attached hydrogen (secondary N) is 1. The van der Waals surface area contributed by atoms with Gasteiger partial charge in [0.2, 0.25) is 0 Å². The smallest absolute Gasteiger partial charge is 0.277 e.